The van der Waals surface area contributed by atoms with Gasteiger partial charge in [0.2, 0.25) is 0 Å². The van der Waals surface area contributed by atoms with E-state index < -0.39 is 0 Å². The largest absolute Gasteiger partial charge is 0.370 e. The highest BCUT2D eigenvalue weighted by molar-refractivity contribution is 5.65. The molecule has 6 nitrogen and oxygen atoms in total. The predicted octanol–water partition coefficient (Wildman–Crippen LogP) is 2.01. The Kier molecular flexibility index (Phi) is 2.58. The number of nitrogens with zero attached hydrogens (tertiary/aromatic N) is 5. The van der Waals surface area contributed by atoms with E-state index in [9.17, 15) is 0 Å². The van der Waals surface area contributed by atoms with Crippen molar-refractivity contribution >= 4 is 11.5 Å². The molecule has 1 fully saturated rings. The van der Waals surface area contributed by atoms with E-state index >= 15 is 0 Å². The zero-order chi connectivity index (χ0) is 13.4. The maximum absolute atomic E-state index is 4.43. The highest BCUT2D eigenvalue weighted by atomic mass is 15.2. The highest BCUT2D eigenvalue weighted by Crippen LogP contribution is 2.29. The average molecular weight is 266 g/mol. The maximum atomic E-state index is 4.43. The maximum Gasteiger partial charge on any atom is 0.163 e. The van der Waals surface area contributed by atoms with Crippen molar-refractivity contribution < 1.29 is 0 Å². The summed E-state index contributed by atoms with van der Waals surface area (Å²) in [4.78, 5) is 8.77. The van der Waals surface area contributed by atoms with E-state index in [1.807, 2.05) is 18.2 Å². The Morgan fingerprint density at radius 3 is 3.05 bits per heavy atom. The van der Waals surface area contributed by atoms with Crippen molar-refractivity contribution in [3.05, 3.63) is 37.1 Å². The molecule has 3 aromatic heterocycles. The highest BCUT2D eigenvalue weighted by Gasteiger charge is 2.20. The Hall–Kier alpha value is -2.50. The van der Waals surface area contributed by atoms with Crippen LogP contribution in [-0.4, -0.2) is 31.1 Å². The SMILES string of the molecule is c1cc(-c2cc3nncn3cn2)cc(NCC2CC2)n1. The van der Waals surface area contributed by atoms with E-state index in [4.69, 9.17) is 0 Å². The van der Waals surface area contributed by atoms with Crippen molar-refractivity contribution in [1.82, 2.24) is 24.6 Å². The zero-order valence-corrected chi connectivity index (χ0v) is 10.9. The fourth-order valence-electron chi connectivity index (χ4n) is 2.14. The van der Waals surface area contributed by atoms with E-state index in [1.165, 1.54) is 12.8 Å². The van der Waals surface area contributed by atoms with Gasteiger partial charge in [0.05, 0.1) is 5.69 Å². The summed E-state index contributed by atoms with van der Waals surface area (Å²) in [5, 5.41) is 11.3. The van der Waals surface area contributed by atoms with Gasteiger partial charge in [0.15, 0.2) is 5.65 Å². The van der Waals surface area contributed by atoms with E-state index in [1.54, 1.807) is 23.3 Å². The molecular weight excluding hydrogens is 252 g/mol. The van der Waals surface area contributed by atoms with E-state index in [0.29, 0.717) is 0 Å². The summed E-state index contributed by atoms with van der Waals surface area (Å²) >= 11 is 0. The lowest BCUT2D eigenvalue weighted by Gasteiger charge is -2.06. The van der Waals surface area contributed by atoms with Crippen molar-refractivity contribution in [3.8, 4) is 11.3 Å². The molecule has 0 amide bonds. The number of hydrogen-bond acceptors (Lipinski definition) is 5. The first-order valence-electron chi connectivity index (χ1n) is 6.74. The molecule has 20 heavy (non-hydrogen) atoms. The Bertz CT molecular complexity index is 746. The molecule has 0 aromatic carbocycles. The minimum absolute atomic E-state index is 0.791. The number of aromatic nitrogens is 5. The zero-order valence-electron chi connectivity index (χ0n) is 10.9. The van der Waals surface area contributed by atoms with Gasteiger partial charge < -0.3 is 5.32 Å². The first-order chi connectivity index (χ1) is 9.88. The molecule has 4 rings (SSSR count). The number of rotatable bonds is 4. The van der Waals surface area contributed by atoms with Crippen molar-refractivity contribution in [2.75, 3.05) is 11.9 Å². The van der Waals surface area contributed by atoms with Crippen molar-refractivity contribution in [2.24, 2.45) is 5.92 Å². The van der Waals surface area contributed by atoms with Crippen LogP contribution >= 0.6 is 0 Å². The Morgan fingerprint density at radius 2 is 2.15 bits per heavy atom. The summed E-state index contributed by atoms with van der Waals surface area (Å²) in [6, 6.07) is 5.90. The lowest BCUT2D eigenvalue weighted by molar-refractivity contribution is 0.883. The fraction of sp³-hybridized carbons (Fsp3) is 0.286. The Balaban J connectivity index is 1.63. The number of pyridine rings is 1. The Morgan fingerprint density at radius 1 is 1.20 bits per heavy atom. The number of hydrogen-bond donors (Lipinski definition) is 1. The molecule has 0 saturated heterocycles. The molecule has 100 valence electrons. The van der Waals surface area contributed by atoms with Crippen LogP contribution in [0.2, 0.25) is 0 Å². The van der Waals surface area contributed by atoms with Gasteiger partial charge in [-0.1, -0.05) is 0 Å². The van der Waals surface area contributed by atoms with Crippen LogP contribution in [0.5, 0.6) is 0 Å². The second-order valence-electron chi connectivity index (χ2n) is 5.12. The van der Waals surface area contributed by atoms with Crippen LogP contribution < -0.4 is 5.32 Å². The lowest BCUT2D eigenvalue weighted by Crippen LogP contribution is -2.04. The standard InChI is InChI=1S/C14H14N6/c1-2-10(1)7-16-13-5-11(3-4-15-13)12-6-14-19-18-9-20(14)8-17-12/h3-6,8-10H,1-2,7H2,(H,15,16). The number of fused-ring (bicyclic) bond motifs is 1. The van der Waals surface area contributed by atoms with Gasteiger partial charge in [-0.2, -0.15) is 0 Å². The van der Waals surface area contributed by atoms with Crippen molar-refractivity contribution in [3.63, 3.8) is 0 Å². The Labute approximate surface area is 115 Å². The quantitative estimate of drug-likeness (QED) is 0.782. The molecule has 3 heterocycles. The molecule has 1 saturated carbocycles. The van der Waals surface area contributed by atoms with Crippen LogP contribution in [0, 0.1) is 5.92 Å². The van der Waals surface area contributed by atoms with Gasteiger partial charge in [-0.05, 0) is 30.9 Å². The van der Waals surface area contributed by atoms with Gasteiger partial charge in [0.1, 0.15) is 18.5 Å². The summed E-state index contributed by atoms with van der Waals surface area (Å²) in [5.74, 6) is 1.73. The van der Waals surface area contributed by atoms with Gasteiger partial charge in [0, 0.05) is 24.4 Å². The van der Waals surface area contributed by atoms with Gasteiger partial charge in [-0.15, -0.1) is 10.2 Å². The van der Waals surface area contributed by atoms with E-state index in [2.05, 4.69) is 25.5 Å². The third kappa shape index (κ3) is 2.20. The molecule has 0 unspecified atom stereocenters. The topological polar surface area (TPSA) is 68.0 Å². The summed E-state index contributed by atoms with van der Waals surface area (Å²) in [6.45, 7) is 1.01. The normalized spacial score (nSPS) is 14.6. The molecule has 6 heteroatoms. The van der Waals surface area contributed by atoms with Crippen LogP contribution in [0.25, 0.3) is 16.9 Å². The monoisotopic (exact) mass is 266 g/mol. The van der Waals surface area contributed by atoms with Crippen LogP contribution in [0.4, 0.5) is 5.82 Å². The fourth-order valence-corrected chi connectivity index (χ4v) is 2.14. The van der Waals surface area contributed by atoms with Gasteiger partial charge >= 0.3 is 0 Å². The van der Waals surface area contributed by atoms with Gasteiger partial charge in [-0.3, -0.25) is 4.40 Å². The molecule has 1 aliphatic rings. The summed E-state index contributed by atoms with van der Waals surface area (Å²) in [5.41, 5.74) is 2.70. The molecule has 1 aliphatic carbocycles. The number of anilines is 1. The summed E-state index contributed by atoms with van der Waals surface area (Å²) in [7, 11) is 0. The van der Waals surface area contributed by atoms with E-state index in [-0.39, 0.29) is 0 Å². The average Bonchev–Trinajstić information content (AvgIpc) is 3.20. The van der Waals surface area contributed by atoms with Gasteiger partial charge in [-0.25, -0.2) is 9.97 Å². The van der Waals surface area contributed by atoms with Gasteiger partial charge in [0.25, 0.3) is 0 Å². The van der Waals surface area contributed by atoms with Crippen LogP contribution in [-0.2, 0) is 0 Å². The predicted molar refractivity (Wildman–Crippen MR) is 75.2 cm³/mol. The van der Waals surface area contributed by atoms with Crippen LogP contribution in [0.15, 0.2) is 37.1 Å². The van der Waals surface area contributed by atoms with Crippen LogP contribution in [0.1, 0.15) is 12.8 Å². The molecular formula is C14H14N6. The summed E-state index contributed by atoms with van der Waals surface area (Å²) in [6.07, 6.45) is 7.83. The molecule has 0 bridgehead atoms. The minimum atomic E-state index is 0.791. The number of nitrogens with one attached hydrogen (secondary N) is 1. The van der Waals surface area contributed by atoms with E-state index in [0.717, 1.165) is 35.2 Å². The first-order valence-corrected chi connectivity index (χ1v) is 6.74. The third-order valence-electron chi connectivity index (χ3n) is 3.51. The lowest BCUT2D eigenvalue weighted by atomic mass is 10.2. The van der Waals surface area contributed by atoms with Crippen LogP contribution in [0.3, 0.4) is 0 Å². The molecule has 0 spiro atoms. The molecule has 0 aliphatic heterocycles. The first kappa shape index (κ1) is 11.3. The molecule has 0 radical (unpaired) electrons. The second kappa shape index (κ2) is 4.56. The third-order valence-corrected chi connectivity index (χ3v) is 3.51. The molecule has 3 aromatic rings. The van der Waals surface area contributed by atoms with Crippen molar-refractivity contribution in [2.45, 2.75) is 12.8 Å². The molecule has 1 N–H and O–H groups in total. The van der Waals surface area contributed by atoms with Crippen molar-refractivity contribution in [1.29, 1.82) is 0 Å². The smallest absolute Gasteiger partial charge is 0.163 e. The molecule has 0 atom stereocenters. The minimum Gasteiger partial charge on any atom is -0.370 e. The summed E-state index contributed by atoms with van der Waals surface area (Å²) < 4.78 is 1.79. The second-order valence-corrected chi connectivity index (χ2v) is 5.12.